The normalized spacial score (nSPS) is 9.79. The molecule has 4 nitrogen and oxygen atoms in total. The Hall–Kier alpha value is -1.23. The lowest BCUT2D eigenvalue weighted by Crippen LogP contribution is -2.05. The Kier molecular flexibility index (Phi) is 3.76. The molecule has 0 aliphatic heterocycles. The summed E-state index contributed by atoms with van der Waals surface area (Å²) < 4.78 is 0.785. The zero-order chi connectivity index (χ0) is 10.6. The van der Waals surface area contributed by atoms with Gasteiger partial charge < -0.3 is 5.11 Å². The van der Waals surface area contributed by atoms with Crippen LogP contribution in [0.15, 0.2) is 22.8 Å². The van der Waals surface area contributed by atoms with Crippen molar-refractivity contribution in [2.45, 2.75) is 12.8 Å². The molecule has 0 spiro atoms. The van der Waals surface area contributed by atoms with Crippen molar-refractivity contribution in [1.82, 2.24) is 4.98 Å². The fraction of sp³-hybridized carbons (Fsp3) is 0.222. The van der Waals surface area contributed by atoms with Gasteiger partial charge in [0.1, 0.15) is 5.69 Å². The molecule has 1 rings (SSSR count). The number of carbonyl (C=O) groups is 2. The van der Waals surface area contributed by atoms with Gasteiger partial charge in [-0.05, 0) is 28.1 Å². The molecule has 74 valence electrons. The lowest BCUT2D eigenvalue weighted by Gasteiger charge is -1.97. The highest BCUT2D eigenvalue weighted by atomic mass is 79.9. The van der Waals surface area contributed by atoms with Crippen molar-refractivity contribution in [3.05, 3.63) is 28.5 Å². The zero-order valence-corrected chi connectivity index (χ0v) is 8.82. The molecular formula is C9H8BrNO3. The van der Waals surface area contributed by atoms with Gasteiger partial charge in [-0.1, -0.05) is 0 Å². The number of aliphatic carboxylic acids is 1. The van der Waals surface area contributed by atoms with Crippen LogP contribution in [0.4, 0.5) is 0 Å². The topological polar surface area (TPSA) is 67.3 Å². The molecule has 1 aromatic heterocycles. The van der Waals surface area contributed by atoms with Crippen LogP contribution in [0.3, 0.4) is 0 Å². The number of carboxylic acid groups (broad SMARTS) is 1. The molecule has 5 heteroatoms. The molecule has 0 aliphatic rings. The average Bonchev–Trinajstić information content (AvgIpc) is 2.15. The van der Waals surface area contributed by atoms with E-state index in [1.165, 1.54) is 6.20 Å². The minimum Gasteiger partial charge on any atom is -0.481 e. The van der Waals surface area contributed by atoms with Gasteiger partial charge >= 0.3 is 5.97 Å². The lowest BCUT2D eigenvalue weighted by atomic mass is 10.1. The maximum absolute atomic E-state index is 11.3. The van der Waals surface area contributed by atoms with Gasteiger partial charge in [0.15, 0.2) is 5.78 Å². The average molecular weight is 258 g/mol. The SMILES string of the molecule is O=C(O)CCC(=O)c1ccc(Br)cn1. The highest BCUT2D eigenvalue weighted by Gasteiger charge is 2.08. The Labute approximate surface area is 89.1 Å². The van der Waals surface area contributed by atoms with Gasteiger partial charge in [0.25, 0.3) is 0 Å². The molecule has 1 N–H and O–H groups in total. The van der Waals surface area contributed by atoms with E-state index in [1.807, 2.05) is 0 Å². The second kappa shape index (κ2) is 4.85. The number of nitrogens with zero attached hydrogens (tertiary/aromatic N) is 1. The van der Waals surface area contributed by atoms with Crippen molar-refractivity contribution in [3.63, 3.8) is 0 Å². The predicted octanol–water partition coefficient (Wildman–Crippen LogP) is 1.89. The van der Waals surface area contributed by atoms with Crippen LogP contribution < -0.4 is 0 Å². The number of Topliss-reactive ketones (excluding diaryl/α,β-unsaturated/α-hetero) is 1. The van der Waals surface area contributed by atoms with Gasteiger partial charge in [0.2, 0.25) is 0 Å². The first-order valence-electron chi connectivity index (χ1n) is 3.96. The molecule has 0 saturated heterocycles. The molecule has 0 saturated carbocycles. The smallest absolute Gasteiger partial charge is 0.303 e. The number of rotatable bonds is 4. The molecule has 0 atom stereocenters. The molecule has 0 aromatic carbocycles. The van der Waals surface area contributed by atoms with E-state index in [0.29, 0.717) is 5.69 Å². The van der Waals surface area contributed by atoms with Crippen LogP contribution in [-0.4, -0.2) is 21.8 Å². The molecule has 1 aromatic rings. The van der Waals surface area contributed by atoms with Crippen LogP contribution in [0.2, 0.25) is 0 Å². The van der Waals surface area contributed by atoms with Crippen LogP contribution in [0.5, 0.6) is 0 Å². The van der Waals surface area contributed by atoms with Crippen LogP contribution in [0, 0.1) is 0 Å². The summed E-state index contributed by atoms with van der Waals surface area (Å²) in [4.78, 5) is 25.4. The van der Waals surface area contributed by atoms with Gasteiger partial charge in [-0.3, -0.25) is 14.6 Å². The van der Waals surface area contributed by atoms with Crippen molar-refractivity contribution in [2.75, 3.05) is 0 Å². The number of halogens is 1. The summed E-state index contributed by atoms with van der Waals surface area (Å²) in [6.07, 6.45) is 1.34. The van der Waals surface area contributed by atoms with E-state index >= 15 is 0 Å². The van der Waals surface area contributed by atoms with Crippen LogP contribution in [-0.2, 0) is 4.79 Å². The fourth-order valence-corrected chi connectivity index (χ4v) is 1.12. The molecule has 0 radical (unpaired) electrons. The number of carboxylic acids is 1. The molecule has 14 heavy (non-hydrogen) atoms. The first kappa shape index (κ1) is 10.8. The van der Waals surface area contributed by atoms with Gasteiger partial charge in [0.05, 0.1) is 6.42 Å². The van der Waals surface area contributed by atoms with E-state index < -0.39 is 5.97 Å². The van der Waals surface area contributed by atoms with Crippen LogP contribution >= 0.6 is 15.9 Å². The maximum atomic E-state index is 11.3. The first-order valence-corrected chi connectivity index (χ1v) is 4.75. The predicted molar refractivity (Wildman–Crippen MR) is 53.1 cm³/mol. The summed E-state index contributed by atoms with van der Waals surface area (Å²) in [7, 11) is 0. The first-order chi connectivity index (χ1) is 6.59. The van der Waals surface area contributed by atoms with Crippen LogP contribution in [0.1, 0.15) is 23.3 Å². The fourth-order valence-electron chi connectivity index (χ4n) is 0.889. The number of pyridine rings is 1. The number of hydrogen-bond acceptors (Lipinski definition) is 3. The van der Waals surface area contributed by atoms with Gasteiger partial charge in [-0.25, -0.2) is 0 Å². The maximum Gasteiger partial charge on any atom is 0.303 e. The standard InChI is InChI=1S/C9H8BrNO3/c10-6-1-2-7(11-5-6)8(12)3-4-9(13)14/h1-2,5H,3-4H2,(H,13,14). The summed E-state index contributed by atoms with van der Waals surface area (Å²) in [5.41, 5.74) is 0.300. The third kappa shape index (κ3) is 3.26. The largest absolute Gasteiger partial charge is 0.481 e. The number of aromatic nitrogens is 1. The number of ketones is 1. The Balaban J connectivity index is 2.61. The van der Waals surface area contributed by atoms with E-state index in [1.54, 1.807) is 12.1 Å². The van der Waals surface area contributed by atoms with Crippen molar-refractivity contribution in [1.29, 1.82) is 0 Å². The quantitative estimate of drug-likeness (QED) is 0.837. The minimum atomic E-state index is -0.976. The molecule has 0 aliphatic carbocycles. The van der Waals surface area contributed by atoms with Crippen molar-refractivity contribution >= 4 is 27.7 Å². The summed E-state index contributed by atoms with van der Waals surface area (Å²) in [5, 5.41) is 8.37. The molecule has 0 unspecified atom stereocenters. The van der Waals surface area contributed by atoms with Gasteiger partial charge in [0, 0.05) is 17.1 Å². The van der Waals surface area contributed by atoms with Gasteiger partial charge in [-0.15, -0.1) is 0 Å². The Morgan fingerprint density at radius 3 is 2.57 bits per heavy atom. The summed E-state index contributed by atoms with van der Waals surface area (Å²) >= 11 is 3.19. The van der Waals surface area contributed by atoms with Crippen LogP contribution in [0.25, 0.3) is 0 Å². The van der Waals surface area contributed by atoms with Gasteiger partial charge in [-0.2, -0.15) is 0 Å². The second-order valence-electron chi connectivity index (χ2n) is 2.68. The second-order valence-corrected chi connectivity index (χ2v) is 3.59. The molecule has 0 fully saturated rings. The minimum absolute atomic E-state index is 0.00995. The summed E-state index contributed by atoms with van der Waals surface area (Å²) in [6, 6.07) is 3.26. The van der Waals surface area contributed by atoms with Crippen molar-refractivity contribution in [3.8, 4) is 0 Å². The Morgan fingerprint density at radius 1 is 1.36 bits per heavy atom. The van der Waals surface area contributed by atoms with E-state index in [4.69, 9.17) is 5.11 Å². The van der Waals surface area contributed by atoms with E-state index in [0.717, 1.165) is 4.47 Å². The van der Waals surface area contributed by atoms with E-state index in [9.17, 15) is 9.59 Å². The number of hydrogen-bond donors (Lipinski definition) is 1. The highest BCUT2D eigenvalue weighted by molar-refractivity contribution is 9.10. The summed E-state index contributed by atoms with van der Waals surface area (Å²) in [6.45, 7) is 0. The Bertz CT molecular complexity index is 348. The van der Waals surface area contributed by atoms with Crippen molar-refractivity contribution in [2.24, 2.45) is 0 Å². The highest BCUT2D eigenvalue weighted by Crippen LogP contribution is 2.09. The van der Waals surface area contributed by atoms with E-state index in [2.05, 4.69) is 20.9 Å². The number of carbonyl (C=O) groups excluding carboxylic acids is 1. The van der Waals surface area contributed by atoms with E-state index in [-0.39, 0.29) is 18.6 Å². The Morgan fingerprint density at radius 2 is 2.07 bits per heavy atom. The lowest BCUT2D eigenvalue weighted by molar-refractivity contribution is -0.136. The molecule has 1 heterocycles. The monoisotopic (exact) mass is 257 g/mol. The third-order valence-electron chi connectivity index (χ3n) is 1.58. The zero-order valence-electron chi connectivity index (χ0n) is 7.24. The molecule has 0 amide bonds. The molecule has 0 bridgehead atoms. The third-order valence-corrected chi connectivity index (χ3v) is 2.05. The summed E-state index contributed by atoms with van der Waals surface area (Å²) in [5.74, 6) is -1.23. The molecular weight excluding hydrogens is 250 g/mol. The van der Waals surface area contributed by atoms with Crippen molar-refractivity contribution < 1.29 is 14.7 Å².